The number of hydrogen-bond donors (Lipinski definition) is 2. The van der Waals surface area contributed by atoms with Crippen molar-refractivity contribution in [3.63, 3.8) is 0 Å². The minimum atomic E-state index is -0.602. The number of aryl methyl sites for hydroxylation is 1. The zero-order chi connectivity index (χ0) is 14.1. The van der Waals surface area contributed by atoms with Crippen LogP contribution >= 0.6 is 0 Å². The van der Waals surface area contributed by atoms with E-state index in [9.17, 15) is 9.59 Å². The molecule has 1 aliphatic heterocycles. The predicted octanol–water partition coefficient (Wildman–Crippen LogP) is 1.28. The van der Waals surface area contributed by atoms with Gasteiger partial charge in [-0.1, -0.05) is 23.4 Å². The van der Waals surface area contributed by atoms with E-state index in [-0.39, 0.29) is 11.8 Å². The third-order valence-electron chi connectivity index (χ3n) is 3.19. The van der Waals surface area contributed by atoms with Gasteiger partial charge in [0.25, 0.3) is 5.91 Å². The Balaban J connectivity index is 1.76. The van der Waals surface area contributed by atoms with E-state index >= 15 is 0 Å². The Morgan fingerprint density at radius 1 is 1.45 bits per heavy atom. The van der Waals surface area contributed by atoms with Gasteiger partial charge in [-0.05, 0) is 18.6 Å². The van der Waals surface area contributed by atoms with Gasteiger partial charge in [-0.15, -0.1) is 0 Å². The average Bonchev–Trinajstić information content (AvgIpc) is 2.84. The van der Waals surface area contributed by atoms with E-state index in [1.165, 1.54) is 0 Å². The lowest BCUT2D eigenvalue weighted by molar-refractivity contribution is -0.118. The Hall–Kier alpha value is -2.63. The van der Waals surface area contributed by atoms with E-state index in [1.54, 1.807) is 25.1 Å². The predicted molar refractivity (Wildman–Crippen MR) is 71.3 cm³/mol. The van der Waals surface area contributed by atoms with E-state index < -0.39 is 6.04 Å². The van der Waals surface area contributed by atoms with Crippen molar-refractivity contribution in [2.45, 2.75) is 19.4 Å². The fourth-order valence-electron chi connectivity index (χ4n) is 2.22. The van der Waals surface area contributed by atoms with Crippen LogP contribution in [-0.4, -0.2) is 23.0 Å². The topological polar surface area (TPSA) is 84.2 Å². The molecule has 2 amide bonds. The van der Waals surface area contributed by atoms with E-state index in [2.05, 4.69) is 15.8 Å². The molecule has 0 saturated carbocycles. The first-order valence-electron chi connectivity index (χ1n) is 6.26. The van der Waals surface area contributed by atoms with Gasteiger partial charge in [-0.2, -0.15) is 0 Å². The molecule has 2 aromatic rings. The van der Waals surface area contributed by atoms with Crippen molar-refractivity contribution >= 4 is 17.6 Å². The van der Waals surface area contributed by atoms with Crippen molar-refractivity contribution < 1.29 is 14.1 Å². The van der Waals surface area contributed by atoms with Crippen LogP contribution in [0.3, 0.4) is 0 Å². The molecule has 6 heteroatoms. The Kier molecular flexibility index (Phi) is 2.98. The number of carbonyl (C=O) groups excluding carboxylic acids is 2. The molecule has 102 valence electrons. The molecule has 0 bridgehead atoms. The van der Waals surface area contributed by atoms with Crippen LogP contribution < -0.4 is 10.6 Å². The highest BCUT2D eigenvalue weighted by Gasteiger charge is 2.29. The second-order valence-corrected chi connectivity index (χ2v) is 4.70. The Labute approximate surface area is 115 Å². The third-order valence-corrected chi connectivity index (χ3v) is 3.19. The lowest BCUT2D eigenvalue weighted by Gasteiger charge is -2.24. The van der Waals surface area contributed by atoms with Crippen LogP contribution in [0.15, 0.2) is 34.9 Å². The minimum Gasteiger partial charge on any atom is -0.360 e. The summed E-state index contributed by atoms with van der Waals surface area (Å²) in [6.07, 6.45) is 0.463. The summed E-state index contributed by atoms with van der Waals surface area (Å²) in [5, 5.41) is 9.01. The molecule has 1 unspecified atom stereocenters. The molecule has 3 rings (SSSR count). The Morgan fingerprint density at radius 3 is 3.00 bits per heavy atom. The first-order valence-corrected chi connectivity index (χ1v) is 6.26. The van der Waals surface area contributed by atoms with Gasteiger partial charge >= 0.3 is 0 Å². The number of nitrogens with one attached hydrogen (secondary N) is 2. The SMILES string of the molecule is Cc1cc(NC(=O)C2Cc3ccccc3C(=O)N2)no1. The Morgan fingerprint density at radius 2 is 2.25 bits per heavy atom. The molecule has 2 heterocycles. The van der Waals surface area contributed by atoms with Gasteiger partial charge in [0.2, 0.25) is 5.91 Å². The third kappa shape index (κ3) is 2.27. The van der Waals surface area contributed by atoms with Crippen LogP contribution in [0.4, 0.5) is 5.82 Å². The van der Waals surface area contributed by atoms with E-state index in [0.29, 0.717) is 23.6 Å². The highest BCUT2D eigenvalue weighted by Crippen LogP contribution is 2.17. The van der Waals surface area contributed by atoms with Crippen LogP contribution in [0, 0.1) is 6.92 Å². The van der Waals surface area contributed by atoms with Gasteiger partial charge in [-0.25, -0.2) is 0 Å². The van der Waals surface area contributed by atoms with Crippen molar-refractivity contribution in [1.29, 1.82) is 0 Å². The first kappa shape index (κ1) is 12.4. The number of anilines is 1. The summed E-state index contributed by atoms with van der Waals surface area (Å²) in [6.45, 7) is 1.74. The largest absolute Gasteiger partial charge is 0.360 e. The quantitative estimate of drug-likeness (QED) is 0.861. The molecule has 1 aromatic heterocycles. The van der Waals surface area contributed by atoms with E-state index in [0.717, 1.165) is 5.56 Å². The second-order valence-electron chi connectivity index (χ2n) is 4.70. The molecule has 0 spiro atoms. The van der Waals surface area contributed by atoms with E-state index in [4.69, 9.17) is 4.52 Å². The van der Waals surface area contributed by atoms with Crippen LogP contribution in [0.2, 0.25) is 0 Å². The smallest absolute Gasteiger partial charge is 0.252 e. The lowest BCUT2D eigenvalue weighted by Crippen LogP contribution is -2.48. The number of aromatic nitrogens is 1. The van der Waals surface area contributed by atoms with Gasteiger partial charge in [0, 0.05) is 18.1 Å². The summed E-state index contributed by atoms with van der Waals surface area (Å²) < 4.78 is 4.88. The molecule has 0 radical (unpaired) electrons. The number of hydrogen-bond acceptors (Lipinski definition) is 4. The van der Waals surface area contributed by atoms with Crippen LogP contribution in [0.1, 0.15) is 21.7 Å². The molecule has 2 N–H and O–H groups in total. The molecular weight excluding hydrogens is 258 g/mol. The fourth-order valence-corrected chi connectivity index (χ4v) is 2.22. The summed E-state index contributed by atoms with van der Waals surface area (Å²) in [6, 6.07) is 8.28. The standard InChI is InChI=1S/C14H13N3O3/c1-8-6-12(17-20-8)16-14(19)11-7-9-4-2-3-5-10(9)13(18)15-11/h2-6,11H,7H2,1H3,(H,15,18)(H,16,17,19). The maximum atomic E-state index is 12.1. The highest BCUT2D eigenvalue weighted by atomic mass is 16.5. The van der Waals surface area contributed by atoms with Gasteiger partial charge in [0.1, 0.15) is 11.8 Å². The normalized spacial score (nSPS) is 17.2. The van der Waals surface area contributed by atoms with Crippen molar-refractivity contribution in [3.8, 4) is 0 Å². The summed E-state index contributed by atoms with van der Waals surface area (Å²) in [7, 11) is 0. The van der Waals surface area contributed by atoms with Gasteiger partial charge in [0.05, 0.1) is 0 Å². The number of rotatable bonds is 2. The number of benzene rings is 1. The van der Waals surface area contributed by atoms with Crippen LogP contribution in [0.25, 0.3) is 0 Å². The molecule has 0 aliphatic carbocycles. The summed E-state index contributed by atoms with van der Waals surface area (Å²) in [5.41, 5.74) is 1.49. The zero-order valence-corrected chi connectivity index (χ0v) is 10.8. The molecule has 20 heavy (non-hydrogen) atoms. The fraction of sp³-hybridized carbons (Fsp3) is 0.214. The zero-order valence-electron chi connectivity index (χ0n) is 10.8. The first-order chi connectivity index (χ1) is 9.63. The molecule has 0 saturated heterocycles. The van der Waals surface area contributed by atoms with E-state index in [1.807, 2.05) is 12.1 Å². The number of fused-ring (bicyclic) bond motifs is 1. The molecule has 0 fully saturated rings. The van der Waals surface area contributed by atoms with Crippen LogP contribution in [0.5, 0.6) is 0 Å². The van der Waals surface area contributed by atoms with Crippen LogP contribution in [-0.2, 0) is 11.2 Å². The summed E-state index contributed by atoms with van der Waals surface area (Å²) in [4.78, 5) is 24.1. The van der Waals surface area contributed by atoms with Gasteiger partial charge < -0.3 is 15.2 Å². The number of carbonyl (C=O) groups is 2. The van der Waals surface area contributed by atoms with Gasteiger partial charge in [-0.3, -0.25) is 9.59 Å². The monoisotopic (exact) mass is 271 g/mol. The summed E-state index contributed by atoms with van der Waals surface area (Å²) >= 11 is 0. The highest BCUT2D eigenvalue weighted by molar-refractivity contribution is 6.03. The second kappa shape index (κ2) is 4.80. The molecule has 1 atom stereocenters. The molecular formula is C14H13N3O3. The molecule has 1 aromatic carbocycles. The van der Waals surface area contributed by atoms with Crippen molar-refractivity contribution in [1.82, 2.24) is 10.5 Å². The maximum Gasteiger partial charge on any atom is 0.252 e. The lowest BCUT2D eigenvalue weighted by atomic mass is 9.95. The molecule has 1 aliphatic rings. The molecule has 6 nitrogen and oxygen atoms in total. The van der Waals surface area contributed by atoms with Crippen molar-refractivity contribution in [2.75, 3.05) is 5.32 Å². The van der Waals surface area contributed by atoms with Crippen molar-refractivity contribution in [2.24, 2.45) is 0 Å². The maximum absolute atomic E-state index is 12.1. The Bertz CT molecular complexity index is 678. The summed E-state index contributed by atoms with van der Waals surface area (Å²) in [5.74, 6) is 0.420. The number of amides is 2. The van der Waals surface area contributed by atoms with Crippen molar-refractivity contribution in [3.05, 3.63) is 47.2 Å². The number of nitrogens with zero attached hydrogens (tertiary/aromatic N) is 1. The average molecular weight is 271 g/mol. The van der Waals surface area contributed by atoms with Gasteiger partial charge in [0.15, 0.2) is 5.82 Å². The minimum absolute atomic E-state index is 0.233.